The van der Waals surface area contributed by atoms with E-state index in [-0.39, 0.29) is 17.2 Å². The summed E-state index contributed by atoms with van der Waals surface area (Å²) in [6, 6.07) is 3.88. The highest BCUT2D eigenvalue weighted by Crippen LogP contribution is 2.24. The summed E-state index contributed by atoms with van der Waals surface area (Å²) < 4.78 is 10.2. The van der Waals surface area contributed by atoms with Gasteiger partial charge in [0, 0.05) is 44.6 Å². The molecule has 9 heteroatoms. The largest absolute Gasteiger partial charge is 0.449 e. The third kappa shape index (κ3) is 4.92. The molecule has 2 rings (SSSR count). The highest BCUT2D eigenvalue weighted by Gasteiger charge is 2.27. The maximum Gasteiger partial charge on any atom is 0.341 e. The zero-order valence-electron chi connectivity index (χ0n) is 14.9. The van der Waals surface area contributed by atoms with Crippen molar-refractivity contribution in [3.63, 3.8) is 0 Å². The number of methoxy groups -OCH3 is 1. The van der Waals surface area contributed by atoms with Crippen molar-refractivity contribution in [3.8, 4) is 0 Å². The van der Waals surface area contributed by atoms with Crippen LogP contribution in [0.1, 0.15) is 30.1 Å². The molecule has 0 spiro atoms. The van der Waals surface area contributed by atoms with Gasteiger partial charge in [-0.25, -0.2) is 4.79 Å². The van der Waals surface area contributed by atoms with E-state index in [1.165, 1.54) is 19.1 Å². The predicted octanol–water partition coefficient (Wildman–Crippen LogP) is 1.82. The minimum Gasteiger partial charge on any atom is -0.449 e. The molecule has 142 valence electrons. The van der Waals surface area contributed by atoms with Gasteiger partial charge in [-0.2, -0.15) is 0 Å². The van der Waals surface area contributed by atoms with E-state index in [4.69, 9.17) is 9.47 Å². The van der Waals surface area contributed by atoms with Crippen LogP contribution in [-0.2, 0) is 14.3 Å². The number of nitro benzene ring substituents is 1. The molecule has 0 aliphatic carbocycles. The fourth-order valence-electron chi connectivity index (χ4n) is 2.73. The van der Waals surface area contributed by atoms with Gasteiger partial charge < -0.3 is 19.7 Å². The minimum atomic E-state index is -0.952. The lowest BCUT2D eigenvalue weighted by molar-refractivity contribution is -0.384. The number of non-ortho nitro benzene ring substituents is 1. The number of esters is 1. The molecule has 1 aliphatic heterocycles. The molecule has 0 radical (unpaired) electrons. The lowest BCUT2D eigenvalue weighted by atomic mass is 10.1. The normalized spacial score (nSPS) is 14.8. The van der Waals surface area contributed by atoms with Crippen LogP contribution in [0.5, 0.6) is 0 Å². The van der Waals surface area contributed by atoms with Crippen LogP contribution in [0.15, 0.2) is 18.2 Å². The Morgan fingerprint density at radius 2 is 2.04 bits per heavy atom. The number of benzene rings is 1. The van der Waals surface area contributed by atoms with Gasteiger partial charge in [-0.3, -0.25) is 14.9 Å². The van der Waals surface area contributed by atoms with Gasteiger partial charge in [-0.05, 0) is 25.8 Å². The molecule has 0 unspecified atom stereocenters. The third-order valence-electron chi connectivity index (χ3n) is 4.10. The standard InChI is InChI=1S/C17H23N3O6/c1-12(16(21)19-8-3-4-9-19)26-17(22)14-11-13(20(23)24)5-6-15(14)18-7-10-25-2/h5-6,11-12,18H,3-4,7-10H2,1-2H3/t12-/m1/s1. The van der Waals surface area contributed by atoms with E-state index < -0.39 is 17.0 Å². The Kier molecular flexibility index (Phi) is 6.90. The zero-order chi connectivity index (χ0) is 19.1. The van der Waals surface area contributed by atoms with Gasteiger partial charge in [0.15, 0.2) is 6.10 Å². The van der Waals surface area contributed by atoms with Crippen LogP contribution in [0, 0.1) is 10.1 Å². The summed E-state index contributed by atoms with van der Waals surface area (Å²) in [5, 5.41) is 14.0. The van der Waals surface area contributed by atoms with Crippen LogP contribution >= 0.6 is 0 Å². The molecule has 26 heavy (non-hydrogen) atoms. The first-order valence-corrected chi connectivity index (χ1v) is 8.45. The molecule has 1 amide bonds. The van der Waals surface area contributed by atoms with Crippen LogP contribution in [0.25, 0.3) is 0 Å². The van der Waals surface area contributed by atoms with E-state index >= 15 is 0 Å². The molecule has 1 aliphatic rings. The van der Waals surface area contributed by atoms with Crippen molar-refractivity contribution < 1.29 is 24.0 Å². The monoisotopic (exact) mass is 365 g/mol. The molecule has 1 atom stereocenters. The second kappa shape index (κ2) is 9.14. The van der Waals surface area contributed by atoms with Crippen molar-refractivity contribution in [1.29, 1.82) is 0 Å². The van der Waals surface area contributed by atoms with Crippen LogP contribution < -0.4 is 5.32 Å². The number of likely N-dealkylation sites (tertiary alicyclic amines) is 1. The maximum absolute atomic E-state index is 12.5. The average molecular weight is 365 g/mol. The summed E-state index contributed by atoms with van der Waals surface area (Å²) in [5.74, 6) is -1.04. The zero-order valence-corrected chi connectivity index (χ0v) is 14.9. The van der Waals surface area contributed by atoms with E-state index in [0.717, 1.165) is 18.9 Å². The van der Waals surface area contributed by atoms with Crippen molar-refractivity contribution in [1.82, 2.24) is 4.90 Å². The Labute approximate surface area is 151 Å². The average Bonchev–Trinajstić information content (AvgIpc) is 3.15. The van der Waals surface area contributed by atoms with Crippen LogP contribution in [0.4, 0.5) is 11.4 Å². The summed E-state index contributed by atoms with van der Waals surface area (Å²) >= 11 is 0. The summed E-state index contributed by atoms with van der Waals surface area (Å²) in [5.41, 5.74) is 0.169. The highest BCUT2D eigenvalue weighted by atomic mass is 16.6. The number of amides is 1. The second-order valence-electron chi connectivity index (χ2n) is 5.99. The molecule has 0 aromatic heterocycles. The number of rotatable bonds is 8. The van der Waals surface area contributed by atoms with E-state index in [2.05, 4.69) is 5.32 Å². The first-order valence-electron chi connectivity index (χ1n) is 8.45. The molecular formula is C17H23N3O6. The SMILES string of the molecule is COCCNc1ccc([N+](=O)[O-])cc1C(=O)O[C@H](C)C(=O)N1CCCC1. The fraction of sp³-hybridized carbons (Fsp3) is 0.529. The number of nitrogens with one attached hydrogen (secondary N) is 1. The predicted molar refractivity (Wildman–Crippen MR) is 94.2 cm³/mol. The van der Waals surface area contributed by atoms with Crippen molar-refractivity contribution >= 4 is 23.3 Å². The summed E-state index contributed by atoms with van der Waals surface area (Å²) in [7, 11) is 1.54. The summed E-state index contributed by atoms with van der Waals surface area (Å²) in [6.45, 7) is 3.63. The smallest absolute Gasteiger partial charge is 0.341 e. The molecule has 1 N–H and O–H groups in total. The van der Waals surface area contributed by atoms with Crippen molar-refractivity contribution in [3.05, 3.63) is 33.9 Å². The van der Waals surface area contributed by atoms with E-state index in [1.807, 2.05) is 0 Å². The van der Waals surface area contributed by atoms with Crippen LogP contribution in [0.3, 0.4) is 0 Å². The molecule has 1 saturated heterocycles. The van der Waals surface area contributed by atoms with Gasteiger partial charge in [0.05, 0.1) is 17.1 Å². The van der Waals surface area contributed by atoms with Crippen molar-refractivity contribution in [2.45, 2.75) is 25.9 Å². The molecule has 0 bridgehead atoms. The number of carbonyl (C=O) groups excluding carboxylic acids is 2. The lowest BCUT2D eigenvalue weighted by Gasteiger charge is -2.21. The summed E-state index contributed by atoms with van der Waals surface area (Å²) in [6.07, 6.45) is 0.919. The molecule has 0 saturated carbocycles. The quantitative estimate of drug-likeness (QED) is 0.324. The highest BCUT2D eigenvalue weighted by molar-refractivity contribution is 5.98. The first-order chi connectivity index (χ1) is 12.4. The van der Waals surface area contributed by atoms with Gasteiger partial charge in [0.25, 0.3) is 11.6 Å². The number of hydrogen-bond acceptors (Lipinski definition) is 7. The Morgan fingerprint density at radius 1 is 1.35 bits per heavy atom. The lowest BCUT2D eigenvalue weighted by Crippen LogP contribution is -2.38. The number of hydrogen-bond donors (Lipinski definition) is 1. The molecule has 1 aromatic rings. The van der Waals surface area contributed by atoms with Gasteiger partial charge in [0.2, 0.25) is 0 Å². The maximum atomic E-state index is 12.5. The molecule has 1 aromatic carbocycles. The van der Waals surface area contributed by atoms with Gasteiger partial charge >= 0.3 is 5.97 Å². The van der Waals surface area contributed by atoms with Gasteiger partial charge in [-0.1, -0.05) is 0 Å². The minimum absolute atomic E-state index is 0.0105. The number of ether oxygens (including phenoxy) is 2. The van der Waals surface area contributed by atoms with Crippen LogP contribution in [-0.4, -0.2) is 61.2 Å². The van der Waals surface area contributed by atoms with E-state index in [0.29, 0.717) is 31.9 Å². The first kappa shape index (κ1) is 19.6. The Bertz CT molecular complexity index is 672. The molecule has 1 fully saturated rings. The van der Waals surface area contributed by atoms with E-state index in [1.54, 1.807) is 12.0 Å². The van der Waals surface area contributed by atoms with Crippen molar-refractivity contribution in [2.75, 3.05) is 38.7 Å². The number of nitro groups is 1. The Balaban J connectivity index is 2.14. The number of anilines is 1. The number of carbonyl (C=O) groups is 2. The Hall–Kier alpha value is -2.68. The Morgan fingerprint density at radius 3 is 2.65 bits per heavy atom. The second-order valence-corrected chi connectivity index (χ2v) is 5.99. The molecule has 9 nitrogen and oxygen atoms in total. The van der Waals surface area contributed by atoms with E-state index in [9.17, 15) is 19.7 Å². The fourth-order valence-corrected chi connectivity index (χ4v) is 2.73. The topological polar surface area (TPSA) is 111 Å². The van der Waals surface area contributed by atoms with Gasteiger partial charge in [0.1, 0.15) is 0 Å². The number of nitrogens with zero attached hydrogens (tertiary/aromatic N) is 2. The van der Waals surface area contributed by atoms with Crippen molar-refractivity contribution in [2.24, 2.45) is 0 Å². The third-order valence-corrected chi connectivity index (χ3v) is 4.10. The van der Waals surface area contributed by atoms with Gasteiger partial charge in [-0.15, -0.1) is 0 Å². The molecular weight excluding hydrogens is 342 g/mol. The van der Waals surface area contributed by atoms with Crippen LogP contribution in [0.2, 0.25) is 0 Å². The molecule has 1 heterocycles. The summed E-state index contributed by atoms with van der Waals surface area (Å²) in [4.78, 5) is 36.9.